The Hall–Kier alpha value is -3.88. The second-order valence-corrected chi connectivity index (χ2v) is 9.95. The van der Waals surface area contributed by atoms with Gasteiger partial charge in [0.05, 0.1) is 22.5 Å². The lowest BCUT2D eigenvalue weighted by molar-refractivity contribution is -0.126. The van der Waals surface area contributed by atoms with Crippen molar-refractivity contribution in [1.29, 1.82) is 0 Å². The fraction of sp³-hybridized carbons (Fsp3) is 0.393. The number of aryl methyl sites for hydroxylation is 1. The molecule has 1 atom stereocenters. The van der Waals surface area contributed by atoms with Crippen LogP contribution < -0.4 is 10.6 Å². The summed E-state index contributed by atoms with van der Waals surface area (Å²) in [6, 6.07) is 3.23. The van der Waals surface area contributed by atoms with Crippen LogP contribution in [0.1, 0.15) is 50.1 Å². The average molecular weight is 503 g/mol. The molecule has 2 bridgehead atoms. The summed E-state index contributed by atoms with van der Waals surface area (Å²) in [7, 11) is 0. The number of carbonyl (C=O) groups excluding carboxylic acids is 1. The quantitative estimate of drug-likeness (QED) is 0.401. The lowest BCUT2D eigenvalue weighted by Crippen LogP contribution is -2.54. The fourth-order valence-electron chi connectivity index (χ4n) is 5.25. The van der Waals surface area contributed by atoms with Crippen LogP contribution in [-0.2, 0) is 17.6 Å². The summed E-state index contributed by atoms with van der Waals surface area (Å²) in [4.78, 5) is 43.5. The van der Waals surface area contributed by atoms with Crippen molar-refractivity contribution in [2.45, 2.75) is 52.0 Å². The van der Waals surface area contributed by atoms with E-state index >= 15 is 4.39 Å². The number of nitrogens with zero attached hydrogens (tertiary/aromatic N) is 6. The Morgan fingerprint density at radius 3 is 2.78 bits per heavy atom. The molecule has 2 aliphatic heterocycles. The Balaban J connectivity index is 1.78. The van der Waals surface area contributed by atoms with Gasteiger partial charge in [0.1, 0.15) is 11.6 Å². The molecule has 1 fully saturated rings. The van der Waals surface area contributed by atoms with Gasteiger partial charge < -0.3 is 9.80 Å². The molecule has 37 heavy (non-hydrogen) atoms. The average Bonchev–Trinajstić information content (AvgIpc) is 2.91. The summed E-state index contributed by atoms with van der Waals surface area (Å²) in [6.45, 7) is 11.0. The molecule has 0 spiro atoms. The van der Waals surface area contributed by atoms with Gasteiger partial charge in [-0.15, -0.1) is 0 Å². The summed E-state index contributed by atoms with van der Waals surface area (Å²) in [6.07, 6.45) is 8.82. The molecule has 1 saturated heterocycles. The molecular formula is C28H31FN6O2. The van der Waals surface area contributed by atoms with Gasteiger partial charge in [0, 0.05) is 31.9 Å². The first-order valence-corrected chi connectivity index (χ1v) is 12.7. The predicted molar refractivity (Wildman–Crippen MR) is 142 cm³/mol. The Bertz CT molecular complexity index is 1480. The number of allylic oxidation sites excluding steroid dienone is 2. The number of piperazine rings is 1. The van der Waals surface area contributed by atoms with Gasteiger partial charge in [0.2, 0.25) is 5.91 Å². The number of halogens is 1. The van der Waals surface area contributed by atoms with Crippen LogP contribution in [0.25, 0.3) is 16.7 Å². The maximum absolute atomic E-state index is 15.4. The third-order valence-electron chi connectivity index (χ3n) is 7.12. The van der Waals surface area contributed by atoms with E-state index in [1.807, 2.05) is 43.9 Å². The molecule has 0 N–H and O–H groups in total. The van der Waals surface area contributed by atoms with E-state index in [-0.39, 0.29) is 17.9 Å². The van der Waals surface area contributed by atoms with Crippen LogP contribution in [-0.4, -0.2) is 56.0 Å². The van der Waals surface area contributed by atoms with Crippen LogP contribution in [0.2, 0.25) is 0 Å². The SMILES string of the molecule is C=CC(=O)N1CCN(c2nc(=O)n3c4nc(c(F)cc24)CC/C=C\Cc2ccnc(C(C)C)c2-3)[C@@H](C)C1. The van der Waals surface area contributed by atoms with Crippen molar-refractivity contribution in [3.05, 3.63) is 76.4 Å². The highest BCUT2D eigenvalue weighted by Gasteiger charge is 2.30. The minimum absolute atomic E-state index is 0.0427. The van der Waals surface area contributed by atoms with Gasteiger partial charge in [-0.05, 0) is 55.9 Å². The summed E-state index contributed by atoms with van der Waals surface area (Å²) < 4.78 is 16.9. The van der Waals surface area contributed by atoms with E-state index in [4.69, 9.17) is 4.98 Å². The number of hydrogen-bond donors (Lipinski definition) is 0. The van der Waals surface area contributed by atoms with Crippen LogP contribution >= 0.6 is 0 Å². The third-order valence-corrected chi connectivity index (χ3v) is 7.12. The Morgan fingerprint density at radius 2 is 2.05 bits per heavy atom. The van der Waals surface area contributed by atoms with Crippen molar-refractivity contribution in [2.24, 2.45) is 0 Å². The van der Waals surface area contributed by atoms with E-state index in [1.165, 1.54) is 16.7 Å². The molecule has 0 aromatic carbocycles. The minimum Gasteiger partial charge on any atom is -0.350 e. The lowest BCUT2D eigenvalue weighted by atomic mass is 10.0. The van der Waals surface area contributed by atoms with Crippen molar-refractivity contribution < 1.29 is 9.18 Å². The second-order valence-electron chi connectivity index (χ2n) is 9.95. The summed E-state index contributed by atoms with van der Waals surface area (Å²) in [5, 5.41) is 0.466. The maximum Gasteiger partial charge on any atom is 0.355 e. The number of rotatable bonds is 3. The molecule has 2 aliphatic rings. The molecule has 5 heterocycles. The molecule has 0 radical (unpaired) electrons. The van der Waals surface area contributed by atoms with Crippen molar-refractivity contribution in [1.82, 2.24) is 24.4 Å². The monoisotopic (exact) mass is 502 g/mol. The number of hydrogen-bond acceptors (Lipinski definition) is 6. The Morgan fingerprint density at radius 1 is 1.24 bits per heavy atom. The Kier molecular flexibility index (Phi) is 6.62. The maximum atomic E-state index is 15.4. The van der Waals surface area contributed by atoms with Crippen molar-refractivity contribution in [3.8, 4) is 5.69 Å². The van der Waals surface area contributed by atoms with E-state index < -0.39 is 11.5 Å². The van der Waals surface area contributed by atoms with Crippen LogP contribution in [0, 0.1) is 5.82 Å². The molecule has 8 nitrogen and oxygen atoms in total. The summed E-state index contributed by atoms with van der Waals surface area (Å²) >= 11 is 0. The van der Waals surface area contributed by atoms with Crippen molar-refractivity contribution >= 4 is 22.8 Å². The molecule has 3 aromatic rings. The molecule has 3 aromatic heterocycles. The molecule has 0 saturated carbocycles. The highest BCUT2D eigenvalue weighted by molar-refractivity contribution is 5.90. The van der Waals surface area contributed by atoms with Crippen molar-refractivity contribution in [2.75, 3.05) is 24.5 Å². The van der Waals surface area contributed by atoms with Crippen LogP contribution in [0.3, 0.4) is 0 Å². The molecule has 0 unspecified atom stereocenters. The lowest BCUT2D eigenvalue weighted by Gasteiger charge is -2.40. The number of anilines is 1. The standard InChI is InChI=1S/C28H31FN6O2/c1-5-23(36)33-13-14-34(18(4)16-33)26-20-15-21(29)22-10-8-6-7-9-19-11-12-30-24(17(2)3)25(19)35(27(20)31-22)28(37)32-26/h5-7,11-12,15,17-18H,1,8-10,13-14,16H2,2-4H3/b7-6-/t18-/m0/s1. The van der Waals surface area contributed by atoms with Crippen LogP contribution in [0.15, 0.2) is 47.9 Å². The van der Waals surface area contributed by atoms with E-state index in [2.05, 4.69) is 16.5 Å². The van der Waals surface area contributed by atoms with Crippen LogP contribution in [0.4, 0.5) is 10.2 Å². The van der Waals surface area contributed by atoms with E-state index in [0.717, 1.165) is 11.3 Å². The van der Waals surface area contributed by atoms with Crippen molar-refractivity contribution in [3.63, 3.8) is 0 Å². The number of amides is 1. The number of carbonyl (C=O) groups is 1. The van der Waals surface area contributed by atoms with E-state index in [9.17, 15) is 9.59 Å². The molecule has 0 aliphatic carbocycles. The smallest absolute Gasteiger partial charge is 0.350 e. The largest absolute Gasteiger partial charge is 0.355 e. The molecule has 1 amide bonds. The first kappa shape index (κ1) is 24.8. The van der Waals surface area contributed by atoms with Gasteiger partial charge in [-0.3, -0.25) is 9.78 Å². The normalized spacial score (nSPS) is 18.6. The molecule has 192 valence electrons. The molecular weight excluding hydrogens is 471 g/mol. The van der Waals surface area contributed by atoms with Crippen LogP contribution in [0.5, 0.6) is 0 Å². The van der Waals surface area contributed by atoms with Gasteiger partial charge in [-0.2, -0.15) is 4.98 Å². The zero-order valence-corrected chi connectivity index (χ0v) is 21.4. The molecule has 5 rings (SSSR count). The molecule has 9 heteroatoms. The van der Waals surface area contributed by atoms with E-state index in [1.54, 1.807) is 11.1 Å². The number of fused-ring (bicyclic) bond motifs is 3. The number of pyridine rings is 2. The highest BCUT2D eigenvalue weighted by atomic mass is 19.1. The van der Waals surface area contributed by atoms with Gasteiger partial charge in [-0.1, -0.05) is 32.6 Å². The van der Waals surface area contributed by atoms with Gasteiger partial charge in [-0.25, -0.2) is 18.7 Å². The highest BCUT2D eigenvalue weighted by Crippen LogP contribution is 2.32. The topological polar surface area (TPSA) is 84.2 Å². The fourth-order valence-corrected chi connectivity index (χ4v) is 5.25. The summed E-state index contributed by atoms with van der Waals surface area (Å²) in [5.74, 6) is -0.128. The zero-order chi connectivity index (χ0) is 26.3. The van der Waals surface area contributed by atoms with Gasteiger partial charge in [0.25, 0.3) is 0 Å². The first-order valence-electron chi connectivity index (χ1n) is 12.7. The predicted octanol–water partition coefficient (Wildman–Crippen LogP) is 3.71. The minimum atomic E-state index is -0.483. The van der Waals surface area contributed by atoms with E-state index in [0.29, 0.717) is 67.1 Å². The first-order chi connectivity index (χ1) is 17.8. The number of aromatic nitrogens is 4. The summed E-state index contributed by atoms with van der Waals surface area (Å²) in [5.41, 5.74) is 2.58. The second kappa shape index (κ2) is 9.88. The third kappa shape index (κ3) is 4.43. The van der Waals surface area contributed by atoms with Gasteiger partial charge in [0.15, 0.2) is 5.65 Å². The zero-order valence-electron chi connectivity index (χ0n) is 21.4. The Labute approximate surface area is 215 Å². The van der Waals surface area contributed by atoms with Gasteiger partial charge >= 0.3 is 5.69 Å².